The molecule has 8 heteroatoms. The number of aliphatic imine (C=N–C) groups is 1. The smallest absolute Gasteiger partial charge is 0.391 e. The summed E-state index contributed by atoms with van der Waals surface area (Å²) in [6.45, 7) is 2.43. The molecule has 0 aliphatic heterocycles. The summed E-state index contributed by atoms with van der Waals surface area (Å²) < 4.78 is 44.5. The van der Waals surface area contributed by atoms with E-state index in [9.17, 15) is 13.2 Å². The molecular weight excluding hydrogens is 458 g/mol. The molecule has 0 bridgehead atoms. The Hall–Kier alpha value is -1.19. The first-order chi connectivity index (χ1) is 11.9. The summed E-state index contributed by atoms with van der Waals surface area (Å²) in [5, 5.41) is 6.23. The van der Waals surface area contributed by atoms with Gasteiger partial charge >= 0.3 is 6.18 Å². The summed E-state index contributed by atoms with van der Waals surface area (Å²) in [4.78, 5) is 4.11. The van der Waals surface area contributed by atoms with Crippen molar-refractivity contribution in [2.45, 2.75) is 50.9 Å². The maximum atomic E-state index is 12.9. The molecule has 0 amide bonds. The molecule has 3 unspecified atom stereocenters. The third-order valence-corrected chi connectivity index (χ3v) is 4.34. The number of hydrogen-bond acceptors (Lipinski definition) is 2. The van der Waals surface area contributed by atoms with Gasteiger partial charge in [-0.1, -0.05) is 24.6 Å². The van der Waals surface area contributed by atoms with E-state index in [2.05, 4.69) is 15.6 Å². The molecule has 2 N–H and O–H groups in total. The van der Waals surface area contributed by atoms with Crippen LogP contribution in [0.2, 0.25) is 0 Å². The predicted molar refractivity (Wildman–Crippen MR) is 108 cm³/mol. The summed E-state index contributed by atoms with van der Waals surface area (Å²) in [6, 6.07) is 9.26. The van der Waals surface area contributed by atoms with Crippen LogP contribution in [0.15, 0.2) is 35.3 Å². The van der Waals surface area contributed by atoms with E-state index in [1.165, 1.54) is 0 Å². The van der Waals surface area contributed by atoms with Crippen LogP contribution in [0.3, 0.4) is 0 Å². The number of rotatable bonds is 5. The molecule has 4 nitrogen and oxygen atoms in total. The number of alkyl halides is 3. The minimum Gasteiger partial charge on any atom is -0.489 e. The Bertz CT molecular complexity index is 554. The summed E-state index contributed by atoms with van der Waals surface area (Å²) in [7, 11) is 1.61. The summed E-state index contributed by atoms with van der Waals surface area (Å²) in [5.74, 6) is 0.0635. The first kappa shape index (κ1) is 22.9. The highest BCUT2D eigenvalue weighted by atomic mass is 127. The normalized spacial score (nSPS) is 22.1. The number of benzene rings is 1. The Balaban J connectivity index is 0.00000338. The van der Waals surface area contributed by atoms with Gasteiger partial charge in [0.25, 0.3) is 0 Å². The fourth-order valence-electron chi connectivity index (χ4n) is 3.02. The molecule has 1 aliphatic rings. The van der Waals surface area contributed by atoms with Crippen LogP contribution >= 0.6 is 24.0 Å². The third kappa shape index (κ3) is 7.59. The Morgan fingerprint density at radius 1 is 1.27 bits per heavy atom. The Morgan fingerprint density at radius 3 is 2.58 bits per heavy atom. The lowest BCUT2D eigenvalue weighted by Gasteiger charge is -2.32. The SMILES string of the molecule is CN=C(NCC(C)Oc1ccccc1)NC1CCCC(C(F)(F)F)C1.I. The van der Waals surface area contributed by atoms with Crippen molar-refractivity contribution in [1.29, 1.82) is 0 Å². The van der Waals surface area contributed by atoms with Gasteiger partial charge in [0.05, 0.1) is 12.5 Å². The zero-order valence-corrected chi connectivity index (χ0v) is 17.4. The summed E-state index contributed by atoms with van der Waals surface area (Å²) in [6.07, 6.45) is -2.60. The molecule has 0 heterocycles. The second kappa shape index (κ2) is 10.8. The molecule has 0 radical (unpaired) electrons. The van der Waals surface area contributed by atoms with Gasteiger partial charge in [0, 0.05) is 13.1 Å². The number of nitrogens with one attached hydrogen (secondary N) is 2. The number of halogens is 4. The first-order valence-corrected chi connectivity index (χ1v) is 8.64. The van der Waals surface area contributed by atoms with Gasteiger partial charge in [0.1, 0.15) is 11.9 Å². The largest absolute Gasteiger partial charge is 0.489 e. The van der Waals surface area contributed by atoms with E-state index in [1.54, 1.807) is 7.05 Å². The van der Waals surface area contributed by atoms with E-state index in [4.69, 9.17) is 4.74 Å². The van der Waals surface area contributed by atoms with Gasteiger partial charge in [-0.25, -0.2) is 0 Å². The number of nitrogens with zero attached hydrogens (tertiary/aromatic N) is 1. The van der Waals surface area contributed by atoms with Crippen LogP contribution in [0.4, 0.5) is 13.2 Å². The monoisotopic (exact) mass is 485 g/mol. The second-order valence-corrected chi connectivity index (χ2v) is 6.44. The molecule has 1 fully saturated rings. The highest BCUT2D eigenvalue weighted by Crippen LogP contribution is 2.37. The van der Waals surface area contributed by atoms with Crippen LogP contribution in [0.1, 0.15) is 32.6 Å². The Morgan fingerprint density at radius 2 is 1.96 bits per heavy atom. The molecule has 2 rings (SSSR count). The highest BCUT2D eigenvalue weighted by molar-refractivity contribution is 14.0. The lowest BCUT2D eigenvalue weighted by molar-refractivity contribution is -0.183. The summed E-state index contributed by atoms with van der Waals surface area (Å²) in [5.41, 5.74) is 0. The standard InChI is InChI=1S/C18H26F3N3O.HI/c1-13(25-16-9-4-3-5-10-16)12-23-17(22-2)24-15-8-6-7-14(11-15)18(19,20)21;/h3-5,9-10,13-15H,6-8,11-12H2,1-2H3,(H2,22,23,24);1H. The van der Waals surface area contributed by atoms with Gasteiger partial charge in [0.15, 0.2) is 5.96 Å². The van der Waals surface area contributed by atoms with Crippen molar-refractivity contribution in [2.75, 3.05) is 13.6 Å². The van der Waals surface area contributed by atoms with Crippen molar-refractivity contribution in [1.82, 2.24) is 10.6 Å². The van der Waals surface area contributed by atoms with E-state index in [-0.39, 0.29) is 49.0 Å². The van der Waals surface area contributed by atoms with Gasteiger partial charge in [0.2, 0.25) is 0 Å². The van der Waals surface area contributed by atoms with Crippen LogP contribution in [0.5, 0.6) is 5.75 Å². The van der Waals surface area contributed by atoms with Crippen molar-refractivity contribution < 1.29 is 17.9 Å². The van der Waals surface area contributed by atoms with Crippen molar-refractivity contribution >= 4 is 29.9 Å². The van der Waals surface area contributed by atoms with Crippen LogP contribution in [0.25, 0.3) is 0 Å². The molecule has 148 valence electrons. The van der Waals surface area contributed by atoms with Crippen LogP contribution in [0, 0.1) is 5.92 Å². The third-order valence-electron chi connectivity index (χ3n) is 4.34. The minimum absolute atomic E-state index is 0. The number of guanidine groups is 1. The molecule has 3 atom stereocenters. The van der Waals surface area contributed by atoms with Crippen molar-refractivity contribution in [3.05, 3.63) is 30.3 Å². The van der Waals surface area contributed by atoms with Gasteiger partial charge in [-0.2, -0.15) is 13.2 Å². The molecule has 1 aromatic carbocycles. The van der Waals surface area contributed by atoms with Crippen molar-refractivity contribution in [2.24, 2.45) is 10.9 Å². The Labute approximate surface area is 170 Å². The number of hydrogen-bond donors (Lipinski definition) is 2. The predicted octanol–water partition coefficient (Wildman–Crippen LogP) is 4.36. The average Bonchev–Trinajstić information content (AvgIpc) is 2.59. The zero-order chi connectivity index (χ0) is 18.3. The molecule has 0 saturated heterocycles. The summed E-state index contributed by atoms with van der Waals surface area (Å²) >= 11 is 0. The van der Waals surface area contributed by atoms with E-state index >= 15 is 0 Å². The lowest BCUT2D eigenvalue weighted by Crippen LogP contribution is -2.48. The highest BCUT2D eigenvalue weighted by Gasteiger charge is 2.42. The van der Waals surface area contributed by atoms with E-state index in [0.717, 1.165) is 12.2 Å². The van der Waals surface area contributed by atoms with Crippen molar-refractivity contribution in [3.8, 4) is 5.75 Å². The topological polar surface area (TPSA) is 45.7 Å². The molecule has 1 saturated carbocycles. The van der Waals surface area contributed by atoms with Crippen molar-refractivity contribution in [3.63, 3.8) is 0 Å². The number of para-hydroxylation sites is 1. The fourth-order valence-corrected chi connectivity index (χ4v) is 3.02. The minimum atomic E-state index is -4.12. The van der Waals surface area contributed by atoms with Gasteiger partial charge in [-0.15, -0.1) is 24.0 Å². The molecule has 0 aromatic heterocycles. The number of ether oxygens (including phenoxy) is 1. The van der Waals surface area contributed by atoms with Gasteiger partial charge < -0.3 is 15.4 Å². The molecule has 26 heavy (non-hydrogen) atoms. The van der Waals surface area contributed by atoms with Crippen LogP contribution in [-0.4, -0.2) is 37.9 Å². The van der Waals surface area contributed by atoms with Gasteiger partial charge in [-0.05, 0) is 38.3 Å². The molecule has 1 aliphatic carbocycles. The quantitative estimate of drug-likeness (QED) is 0.370. The molecular formula is C18H27F3IN3O. The second-order valence-electron chi connectivity index (χ2n) is 6.44. The maximum Gasteiger partial charge on any atom is 0.391 e. The van der Waals surface area contributed by atoms with Crippen LogP contribution in [-0.2, 0) is 0 Å². The van der Waals surface area contributed by atoms with E-state index in [0.29, 0.717) is 18.9 Å². The average molecular weight is 485 g/mol. The Kier molecular flexibility index (Phi) is 9.52. The van der Waals surface area contributed by atoms with E-state index in [1.807, 2.05) is 37.3 Å². The molecule has 0 spiro atoms. The lowest BCUT2D eigenvalue weighted by atomic mass is 9.85. The van der Waals surface area contributed by atoms with Gasteiger partial charge in [-0.3, -0.25) is 4.99 Å². The first-order valence-electron chi connectivity index (χ1n) is 8.64. The maximum absolute atomic E-state index is 12.9. The van der Waals surface area contributed by atoms with E-state index < -0.39 is 12.1 Å². The van der Waals surface area contributed by atoms with Crippen LogP contribution < -0.4 is 15.4 Å². The molecule has 1 aromatic rings. The zero-order valence-electron chi connectivity index (χ0n) is 15.1. The fraction of sp³-hybridized carbons (Fsp3) is 0.611.